The molecule has 28 heavy (non-hydrogen) atoms. The third-order valence-corrected chi connectivity index (χ3v) is 5.63. The minimum Gasteiger partial charge on any atom is -0.340 e. The van der Waals surface area contributed by atoms with Gasteiger partial charge in [0.15, 0.2) is 0 Å². The summed E-state index contributed by atoms with van der Waals surface area (Å²) in [5, 5.41) is 0. The normalized spacial score (nSPS) is 20.6. The van der Waals surface area contributed by atoms with E-state index in [-0.39, 0.29) is 0 Å². The molecular formula is C20H24F3N5. The molecule has 0 atom stereocenters. The van der Waals surface area contributed by atoms with Crippen molar-refractivity contribution >= 4 is 17.5 Å². The molecule has 0 bridgehead atoms. The molecule has 3 heterocycles. The first kappa shape index (κ1) is 19.0. The SMILES string of the molecule is CCC1=C(C)N=C2c3cc(C(F)(F)F)ccc3N=C(N3CCN(C)CC3)N2C1. The third-order valence-electron chi connectivity index (χ3n) is 5.63. The van der Waals surface area contributed by atoms with Crippen molar-refractivity contribution in [3.8, 4) is 0 Å². The lowest BCUT2D eigenvalue weighted by molar-refractivity contribution is -0.137. The van der Waals surface area contributed by atoms with Crippen molar-refractivity contribution in [3.63, 3.8) is 0 Å². The molecule has 1 aromatic carbocycles. The molecule has 3 aliphatic rings. The van der Waals surface area contributed by atoms with Crippen molar-refractivity contribution in [1.29, 1.82) is 0 Å². The van der Waals surface area contributed by atoms with Crippen LogP contribution in [0.15, 0.2) is 39.5 Å². The number of hydrogen-bond donors (Lipinski definition) is 0. The Balaban J connectivity index is 1.83. The van der Waals surface area contributed by atoms with Crippen molar-refractivity contribution < 1.29 is 13.2 Å². The average Bonchev–Trinajstić information content (AvgIpc) is 2.66. The molecule has 0 radical (unpaired) electrons. The Morgan fingerprint density at radius 1 is 1.07 bits per heavy atom. The summed E-state index contributed by atoms with van der Waals surface area (Å²) < 4.78 is 39.8. The maximum Gasteiger partial charge on any atom is 0.416 e. The van der Waals surface area contributed by atoms with Crippen molar-refractivity contribution in [2.24, 2.45) is 9.98 Å². The molecule has 0 aliphatic carbocycles. The van der Waals surface area contributed by atoms with Crippen molar-refractivity contribution in [2.45, 2.75) is 26.4 Å². The number of hydrogen-bond acceptors (Lipinski definition) is 5. The largest absolute Gasteiger partial charge is 0.416 e. The minimum atomic E-state index is -4.39. The fourth-order valence-corrected chi connectivity index (χ4v) is 3.82. The number of allylic oxidation sites excluding steroid dienone is 1. The number of amidine groups is 1. The van der Waals surface area contributed by atoms with Crippen LogP contribution < -0.4 is 0 Å². The molecular weight excluding hydrogens is 367 g/mol. The van der Waals surface area contributed by atoms with Crippen LogP contribution in [-0.4, -0.2) is 66.3 Å². The predicted molar refractivity (Wildman–Crippen MR) is 104 cm³/mol. The zero-order valence-electron chi connectivity index (χ0n) is 16.3. The molecule has 8 heteroatoms. The van der Waals surface area contributed by atoms with Gasteiger partial charge in [-0.1, -0.05) is 6.92 Å². The molecule has 0 amide bonds. The molecule has 1 fully saturated rings. The highest BCUT2D eigenvalue weighted by Crippen LogP contribution is 2.37. The molecule has 0 aromatic heterocycles. The number of likely N-dealkylation sites (N-methyl/N-ethyl adjacent to an activating group) is 1. The Labute approximate surface area is 162 Å². The number of piperazine rings is 1. The van der Waals surface area contributed by atoms with Crippen molar-refractivity contribution in [2.75, 3.05) is 39.8 Å². The summed E-state index contributed by atoms with van der Waals surface area (Å²) >= 11 is 0. The Morgan fingerprint density at radius 2 is 1.79 bits per heavy atom. The lowest BCUT2D eigenvalue weighted by Crippen LogP contribution is -2.56. The first-order valence-corrected chi connectivity index (χ1v) is 9.56. The van der Waals surface area contributed by atoms with Gasteiger partial charge in [0.05, 0.1) is 17.8 Å². The van der Waals surface area contributed by atoms with Crippen molar-refractivity contribution in [1.82, 2.24) is 14.7 Å². The zero-order valence-corrected chi connectivity index (χ0v) is 16.3. The number of nitrogens with zero attached hydrogens (tertiary/aromatic N) is 5. The zero-order chi connectivity index (χ0) is 20.1. The number of aliphatic imine (C=N–C) groups is 2. The second-order valence-corrected chi connectivity index (χ2v) is 7.50. The quantitative estimate of drug-likeness (QED) is 0.732. The number of fused-ring (bicyclic) bond motifs is 3. The van der Waals surface area contributed by atoms with Crippen molar-refractivity contribution in [3.05, 3.63) is 40.6 Å². The van der Waals surface area contributed by atoms with Gasteiger partial charge >= 0.3 is 6.18 Å². The summed E-state index contributed by atoms with van der Waals surface area (Å²) in [7, 11) is 2.09. The molecule has 0 N–H and O–H groups in total. The maximum atomic E-state index is 13.3. The summed E-state index contributed by atoms with van der Waals surface area (Å²) in [6, 6.07) is 3.74. The average molecular weight is 391 g/mol. The second kappa shape index (κ2) is 6.92. The monoisotopic (exact) mass is 391 g/mol. The van der Waals surface area contributed by atoms with Crippen LogP contribution >= 0.6 is 0 Å². The molecule has 3 aliphatic heterocycles. The summed E-state index contributed by atoms with van der Waals surface area (Å²) in [5.74, 6) is 1.36. The highest BCUT2D eigenvalue weighted by atomic mass is 19.4. The fourth-order valence-electron chi connectivity index (χ4n) is 3.82. The Kier molecular flexibility index (Phi) is 4.69. The highest BCUT2D eigenvalue weighted by Gasteiger charge is 2.37. The number of benzene rings is 1. The van der Waals surface area contributed by atoms with Gasteiger partial charge in [0, 0.05) is 37.4 Å². The molecule has 0 spiro atoms. The highest BCUT2D eigenvalue weighted by molar-refractivity contribution is 6.15. The third kappa shape index (κ3) is 3.30. The molecule has 1 aromatic rings. The summed E-state index contributed by atoms with van der Waals surface area (Å²) in [4.78, 5) is 16.0. The van der Waals surface area contributed by atoms with Gasteiger partial charge in [-0.25, -0.2) is 9.98 Å². The van der Waals surface area contributed by atoms with E-state index in [9.17, 15) is 13.2 Å². The molecule has 150 valence electrons. The first-order valence-electron chi connectivity index (χ1n) is 9.56. The maximum absolute atomic E-state index is 13.3. The van der Waals surface area contributed by atoms with Gasteiger partial charge < -0.3 is 9.80 Å². The van der Waals surface area contributed by atoms with Crippen LogP contribution in [0.5, 0.6) is 0 Å². The predicted octanol–water partition coefficient (Wildman–Crippen LogP) is 3.70. The molecule has 4 rings (SSSR count). The number of halogens is 3. The van der Waals surface area contributed by atoms with Gasteiger partial charge in [0.1, 0.15) is 5.84 Å². The summed E-state index contributed by atoms with van der Waals surface area (Å²) in [6.07, 6.45) is -3.54. The van der Waals surface area contributed by atoms with Crippen LogP contribution in [0.3, 0.4) is 0 Å². The Morgan fingerprint density at radius 3 is 2.43 bits per heavy atom. The van der Waals surface area contributed by atoms with Gasteiger partial charge in [0.25, 0.3) is 0 Å². The van der Waals surface area contributed by atoms with Crippen LogP contribution in [0, 0.1) is 0 Å². The smallest absolute Gasteiger partial charge is 0.340 e. The van der Waals surface area contributed by atoms with E-state index in [1.807, 2.05) is 11.8 Å². The topological polar surface area (TPSA) is 34.4 Å². The Bertz CT molecular complexity index is 876. The number of guanidine groups is 1. The minimum absolute atomic E-state index is 0.446. The molecule has 0 saturated carbocycles. The van der Waals surface area contributed by atoms with E-state index in [1.165, 1.54) is 17.7 Å². The van der Waals surface area contributed by atoms with Gasteiger partial charge in [-0.2, -0.15) is 13.2 Å². The van der Waals surface area contributed by atoms with Crippen LogP contribution in [0.4, 0.5) is 18.9 Å². The van der Waals surface area contributed by atoms with Crippen LogP contribution in [0.2, 0.25) is 0 Å². The van der Waals surface area contributed by atoms with Gasteiger partial charge in [-0.15, -0.1) is 0 Å². The summed E-state index contributed by atoms with van der Waals surface area (Å²) in [5.41, 5.74) is 2.39. The summed E-state index contributed by atoms with van der Waals surface area (Å²) in [6.45, 7) is 8.13. The van der Waals surface area contributed by atoms with E-state index < -0.39 is 11.7 Å². The van der Waals surface area contributed by atoms with E-state index >= 15 is 0 Å². The fraction of sp³-hybridized carbons (Fsp3) is 0.500. The van der Waals surface area contributed by atoms with E-state index in [2.05, 4.69) is 23.8 Å². The lowest BCUT2D eigenvalue weighted by atomic mass is 10.0. The van der Waals surface area contributed by atoms with E-state index in [1.54, 1.807) is 0 Å². The van der Waals surface area contributed by atoms with Gasteiger partial charge in [-0.05, 0) is 44.2 Å². The number of alkyl halides is 3. The lowest BCUT2D eigenvalue weighted by Gasteiger charge is -2.42. The van der Waals surface area contributed by atoms with Gasteiger partial charge in [-0.3, -0.25) is 4.90 Å². The van der Waals surface area contributed by atoms with Gasteiger partial charge in [0.2, 0.25) is 5.96 Å². The van der Waals surface area contributed by atoms with Crippen LogP contribution in [0.25, 0.3) is 0 Å². The van der Waals surface area contributed by atoms with Crippen LogP contribution in [-0.2, 0) is 6.18 Å². The van der Waals surface area contributed by atoms with E-state index in [0.717, 1.165) is 50.3 Å². The first-order chi connectivity index (χ1) is 13.3. The number of rotatable bonds is 1. The second-order valence-electron chi connectivity index (χ2n) is 7.50. The molecule has 0 unspecified atom stereocenters. The molecule has 1 saturated heterocycles. The standard InChI is InChI=1S/C20H24F3N5/c1-4-14-12-28-18(24-13(14)2)16-11-15(20(21,22)23)5-6-17(16)25-19(28)27-9-7-26(3)8-10-27/h5-6,11H,4,7-10,12H2,1-3H3. The molecule has 5 nitrogen and oxygen atoms in total. The Hall–Kier alpha value is -2.35. The van der Waals surface area contributed by atoms with E-state index in [4.69, 9.17) is 9.98 Å². The van der Waals surface area contributed by atoms with Crippen LogP contribution in [0.1, 0.15) is 31.4 Å². The van der Waals surface area contributed by atoms with E-state index in [0.29, 0.717) is 23.6 Å².